The van der Waals surface area contributed by atoms with Crippen LogP contribution in [-0.2, 0) is 11.3 Å². The third-order valence-electron chi connectivity index (χ3n) is 3.15. The van der Waals surface area contributed by atoms with Crippen molar-refractivity contribution in [2.45, 2.75) is 31.5 Å². The molecule has 2 atom stereocenters. The number of carbonyl (C=O) groups is 1. The van der Waals surface area contributed by atoms with E-state index in [9.17, 15) is 9.90 Å². The molecule has 3 heterocycles. The fourth-order valence-corrected chi connectivity index (χ4v) is 3.31. The lowest BCUT2D eigenvalue weighted by atomic mass is 9.97. The third-order valence-corrected chi connectivity index (χ3v) is 4.07. The number of carbonyl (C=O) groups excluding carboxylic acids is 1. The highest BCUT2D eigenvalue weighted by Gasteiger charge is 2.41. The summed E-state index contributed by atoms with van der Waals surface area (Å²) < 4.78 is 0. The van der Waals surface area contributed by atoms with Gasteiger partial charge >= 0.3 is 0 Å². The number of nitrogens with zero attached hydrogens (tertiary/aromatic N) is 1. The molecule has 0 unspecified atom stereocenters. The van der Waals surface area contributed by atoms with E-state index in [0.29, 0.717) is 13.0 Å². The Morgan fingerprint density at radius 3 is 3.29 bits per heavy atom. The Kier molecular flexibility index (Phi) is 1.69. The van der Waals surface area contributed by atoms with Crippen LogP contribution in [0.5, 0.6) is 0 Å². The zero-order valence-corrected chi connectivity index (χ0v) is 8.46. The van der Waals surface area contributed by atoms with Crippen LogP contribution < -0.4 is 0 Å². The Balaban J connectivity index is 2.04. The Morgan fingerprint density at radius 1 is 1.57 bits per heavy atom. The van der Waals surface area contributed by atoms with Gasteiger partial charge < -0.3 is 10.0 Å². The van der Waals surface area contributed by atoms with Gasteiger partial charge in [-0.25, -0.2) is 0 Å². The Bertz CT molecular complexity index is 387. The zero-order valence-electron chi connectivity index (χ0n) is 7.64. The second-order valence-electron chi connectivity index (χ2n) is 3.87. The summed E-state index contributed by atoms with van der Waals surface area (Å²) in [7, 11) is 0. The molecule has 0 saturated carbocycles. The second kappa shape index (κ2) is 2.81. The first kappa shape index (κ1) is 8.44. The molecule has 0 spiro atoms. The molecule has 1 saturated heterocycles. The molecule has 2 aliphatic rings. The molecule has 2 aliphatic heterocycles. The van der Waals surface area contributed by atoms with Crippen molar-refractivity contribution in [3.63, 3.8) is 0 Å². The highest BCUT2D eigenvalue weighted by Crippen LogP contribution is 2.39. The van der Waals surface area contributed by atoms with Gasteiger partial charge in [0.25, 0.3) is 0 Å². The van der Waals surface area contributed by atoms with E-state index in [4.69, 9.17) is 0 Å². The fourth-order valence-electron chi connectivity index (χ4n) is 2.39. The first-order chi connectivity index (χ1) is 6.77. The van der Waals surface area contributed by atoms with E-state index < -0.39 is 6.10 Å². The van der Waals surface area contributed by atoms with Crippen LogP contribution in [0.4, 0.5) is 0 Å². The standard InChI is InChI=1S/C10H11NO2S/c12-9-2-1-7-10(13)6-3-4-14-8(6)5-11(7)9/h3-4,7,10,13H,1-2,5H2/t7-,10+/m1/s1. The van der Waals surface area contributed by atoms with Crippen LogP contribution in [-0.4, -0.2) is 22.0 Å². The van der Waals surface area contributed by atoms with Crippen molar-refractivity contribution in [3.8, 4) is 0 Å². The lowest BCUT2D eigenvalue weighted by Gasteiger charge is -2.33. The quantitative estimate of drug-likeness (QED) is 0.699. The van der Waals surface area contributed by atoms with Crippen molar-refractivity contribution in [2.24, 2.45) is 0 Å². The van der Waals surface area contributed by atoms with Crippen LogP contribution in [0.25, 0.3) is 0 Å². The van der Waals surface area contributed by atoms with Crippen LogP contribution in [0.15, 0.2) is 11.4 Å². The molecule has 1 fully saturated rings. The van der Waals surface area contributed by atoms with Gasteiger partial charge in [0.05, 0.1) is 12.6 Å². The fraction of sp³-hybridized carbons (Fsp3) is 0.500. The number of hydrogen-bond acceptors (Lipinski definition) is 3. The highest BCUT2D eigenvalue weighted by molar-refractivity contribution is 7.10. The maximum absolute atomic E-state index is 11.5. The van der Waals surface area contributed by atoms with Gasteiger partial charge in [0.2, 0.25) is 5.91 Å². The zero-order chi connectivity index (χ0) is 9.71. The van der Waals surface area contributed by atoms with Crippen LogP contribution in [0.1, 0.15) is 29.4 Å². The number of aliphatic hydroxyl groups is 1. The summed E-state index contributed by atoms with van der Waals surface area (Å²) in [6, 6.07) is 2.01. The molecule has 0 aliphatic carbocycles. The van der Waals surface area contributed by atoms with Crippen molar-refractivity contribution < 1.29 is 9.90 Å². The molecule has 1 aromatic rings. The summed E-state index contributed by atoms with van der Waals surface area (Å²) in [5.74, 6) is 0.188. The second-order valence-corrected chi connectivity index (χ2v) is 4.87. The van der Waals surface area contributed by atoms with Crippen LogP contribution in [0.2, 0.25) is 0 Å². The van der Waals surface area contributed by atoms with Gasteiger partial charge in [-0.1, -0.05) is 0 Å². The molecule has 3 nitrogen and oxygen atoms in total. The molecular formula is C10H11NO2S. The maximum Gasteiger partial charge on any atom is 0.223 e. The Labute approximate surface area is 86.0 Å². The summed E-state index contributed by atoms with van der Waals surface area (Å²) in [6.45, 7) is 0.702. The normalized spacial score (nSPS) is 30.4. The summed E-state index contributed by atoms with van der Waals surface area (Å²) in [5, 5.41) is 12.0. The summed E-state index contributed by atoms with van der Waals surface area (Å²) >= 11 is 1.63. The molecule has 0 aromatic carbocycles. The number of fused-ring (bicyclic) bond motifs is 2. The number of hydrogen-bond donors (Lipinski definition) is 1. The molecule has 0 bridgehead atoms. The summed E-state index contributed by atoms with van der Waals surface area (Å²) in [4.78, 5) is 14.5. The average Bonchev–Trinajstić information content (AvgIpc) is 2.75. The lowest BCUT2D eigenvalue weighted by Crippen LogP contribution is -2.40. The van der Waals surface area contributed by atoms with Gasteiger partial charge in [-0.2, -0.15) is 0 Å². The van der Waals surface area contributed by atoms with E-state index in [1.54, 1.807) is 11.3 Å². The molecule has 4 heteroatoms. The van der Waals surface area contributed by atoms with Crippen molar-refractivity contribution in [1.29, 1.82) is 0 Å². The van der Waals surface area contributed by atoms with Gasteiger partial charge in [-0.05, 0) is 23.4 Å². The molecule has 14 heavy (non-hydrogen) atoms. The van der Waals surface area contributed by atoms with Crippen LogP contribution in [0, 0.1) is 0 Å². The SMILES string of the molecule is O=C1CC[C@@H]2[C@@H](O)c3ccsc3CN12. The molecule has 1 N–H and O–H groups in total. The topological polar surface area (TPSA) is 40.5 Å². The van der Waals surface area contributed by atoms with Crippen molar-refractivity contribution >= 4 is 17.2 Å². The predicted octanol–water partition coefficient (Wildman–Crippen LogP) is 1.29. The highest BCUT2D eigenvalue weighted by atomic mass is 32.1. The molecule has 3 rings (SSSR count). The van der Waals surface area contributed by atoms with E-state index in [-0.39, 0.29) is 11.9 Å². The van der Waals surface area contributed by atoms with E-state index in [2.05, 4.69) is 0 Å². The molecule has 74 valence electrons. The lowest BCUT2D eigenvalue weighted by molar-refractivity contribution is -0.131. The smallest absolute Gasteiger partial charge is 0.223 e. The van der Waals surface area contributed by atoms with Gasteiger partial charge in [-0.15, -0.1) is 11.3 Å². The molecule has 1 aromatic heterocycles. The van der Waals surface area contributed by atoms with Crippen molar-refractivity contribution in [2.75, 3.05) is 0 Å². The first-order valence-corrected chi connectivity index (χ1v) is 5.69. The predicted molar refractivity (Wildman–Crippen MR) is 52.9 cm³/mol. The van der Waals surface area contributed by atoms with Gasteiger partial charge in [-0.3, -0.25) is 4.79 Å². The van der Waals surface area contributed by atoms with Gasteiger partial charge in [0, 0.05) is 11.3 Å². The summed E-state index contributed by atoms with van der Waals surface area (Å²) in [5.41, 5.74) is 1.03. The summed E-state index contributed by atoms with van der Waals surface area (Å²) in [6.07, 6.45) is 0.933. The molecular weight excluding hydrogens is 198 g/mol. The number of aliphatic hydroxyl groups excluding tert-OH is 1. The van der Waals surface area contributed by atoms with Crippen molar-refractivity contribution in [3.05, 3.63) is 21.9 Å². The Hall–Kier alpha value is -0.870. The van der Waals surface area contributed by atoms with Crippen LogP contribution in [0.3, 0.4) is 0 Å². The van der Waals surface area contributed by atoms with Crippen LogP contribution >= 0.6 is 11.3 Å². The van der Waals surface area contributed by atoms with E-state index in [1.807, 2.05) is 16.3 Å². The number of thiophene rings is 1. The minimum Gasteiger partial charge on any atom is -0.386 e. The first-order valence-electron chi connectivity index (χ1n) is 4.81. The minimum atomic E-state index is -0.462. The Morgan fingerprint density at radius 2 is 2.43 bits per heavy atom. The van der Waals surface area contributed by atoms with Gasteiger partial charge in [0.1, 0.15) is 6.10 Å². The van der Waals surface area contributed by atoms with E-state index in [0.717, 1.165) is 16.9 Å². The van der Waals surface area contributed by atoms with E-state index >= 15 is 0 Å². The molecule has 1 amide bonds. The maximum atomic E-state index is 11.5. The number of amides is 1. The molecule has 0 radical (unpaired) electrons. The van der Waals surface area contributed by atoms with Gasteiger partial charge in [0.15, 0.2) is 0 Å². The largest absolute Gasteiger partial charge is 0.386 e. The van der Waals surface area contributed by atoms with Crippen molar-refractivity contribution in [1.82, 2.24) is 4.90 Å². The number of rotatable bonds is 0. The monoisotopic (exact) mass is 209 g/mol. The third kappa shape index (κ3) is 0.980. The minimum absolute atomic E-state index is 0.0320. The average molecular weight is 209 g/mol. The van der Waals surface area contributed by atoms with E-state index in [1.165, 1.54) is 0 Å².